The molecule has 0 saturated heterocycles. The molecule has 0 unspecified atom stereocenters. The molecule has 0 atom stereocenters. The highest BCUT2D eigenvalue weighted by Gasteiger charge is 2.22. The Bertz CT molecular complexity index is 1230. The molecule has 3 heterocycles. The fourth-order valence-electron chi connectivity index (χ4n) is 3.37. The van der Waals surface area contributed by atoms with E-state index in [2.05, 4.69) is 20.4 Å². The van der Waals surface area contributed by atoms with Gasteiger partial charge in [-0.05, 0) is 36.2 Å². The highest BCUT2D eigenvalue weighted by Crippen LogP contribution is 2.33. The smallest absolute Gasteiger partial charge is 0.260 e. The molecule has 1 amide bonds. The number of pyridine rings is 1. The fraction of sp³-hybridized carbons (Fsp3) is 0.217. The maximum absolute atomic E-state index is 13.1. The second-order valence-electron chi connectivity index (χ2n) is 7.26. The third-order valence-corrected chi connectivity index (χ3v) is 5.63. The Morgan fingerprint density at radius 1 is 1.12 bits per heavy atom. The Kier molecular flexibility index (Phi) is 6.18. The third-order valence-electron chi connectivity index (χ3n) is 4.87. The number of methoxy groups -OCH3 is 2. The van der Waals surface area contributed by atoms with Gasteiger partial charge in [0.05, 0.1) is 37.4 Å². The van der Waals surface area contributed by atoms with Crippen LogP contribution in [0.15, 0.2) is 54.2 Å². The number of thiazole rings is 1. The van der Waals surface area contributed by atoms with Gasteiger partial charge in [0.25, 0.3) is 5.91 Å². The number of carbonyl (C=O) groups excluding carboxylic acids is 1. The molecule has 9 heteroatoms. The van der Waals surface area contributed by atoms with Crippen LogP contribution in [0.25, 0.3) is 17.1 Å². The number of hydrogen-bond donors (Lipinski definition) is 1. The summed E-state index contributed by atoms with van der Waals surface area (Å²) in [5, 5.41) is 9.69. The summed E-state index contributed by atoms with van der Waals surface area (Å²) in [6.07, 6.45) is 3.27. The van der Waals surface area contributed by atoms with E-state index in [4.69, 9.17) is 9.47 Å². The summed E-state index contributed by atoms with van der Waals surface area (Å²) < 4.78 is 12.4. The number of nitrogens with one attached hydrogen (secondary N) is 1. The van der Waals surface area contributed by atoms with Gasteiger partial charge in [0.2, 0.25) is 0 Å². The topological polar surface area (TPSA) is 91.2 Å². The summed E-state index contributed by atoms with van der Waals surface area (Å²) >= 11 is 1.35. The molecule has 0 aliphatic heterocycles. The lowest BCUT2D eigenvalue weighted by Gasteiger charge is -2.11. The maximum Gasteiger partial charge on any atom is 0.260 e. The van der Waals surface area contributed by atoms with Crippen LogP contribution >= 0.6 is 11.3 Å². The van der Waals surface area contributed by atoms with Gasteiger partial charge in [-0.2, -0.15) is 5.10 Å². The van der Waals surface area contributed by atoms with Gasteiger partial charge in [0, 0.05) is 17.1 Å². The van der Waals surface area contributed by atoms with Crippen molar-refractivity contribution in [2.45, 2.75) is 19.8 Å². The Hall–Kier alpha value is -3.72. The minimum atomic E-state index is -0.260. The second-order valence-corrected chi connectivity index (χ2v) is 8.12. The number of nitrogens with zero attached hydrogens (tertiary/aromatic N) is 4. The lowest BCUT2D eigenvalue weighted by atomic mass is 10.1. The van der Waals surface area contributed by atoms with Crippen LogP contribution in [0.4, 0.5) is 5.13 Å². The summed E-state index contributed by atoms with van der Waals surface area (Å²) in [5.41, 5.74) is 2.89. The van der Waals surface area contributed by atoms with E-state index < -0.39 is 0 Å². The Labute approximate surface area is 189 Å². The van der Waals surface area contributed by atoms with E-state index >= 15 is 0 Å². The molecule has 0 aliphatic carbocycles. The van der Waals surface area contributed by atoms with E-state index in [0.29, 0.717) is 28.0 Å². The van der Waals surface area contributed by atoms with Crippen molar-refractivity contribution in [1.82, 2.24) is 19.7 Å². The van der Waals surface area contributed by atoms with Crippen molar-refractivity contribution in [2.24, 2.45) is 0 Å². The van der Waals surface area contributed by atoms with E-state index in [1.54, 1.807) is 31.3 Å². The quantitative estimate of drug-likeness (QED) is 0.436. The number of aromatic nitrogens is 4. The number of rotatable bonds is 7. The van der Waals surface area contributed by atoms with Crippen LogP contribution < -0.4 is 14.8 Å². The average molecular weight is 450 g/mol. The molecule has 1 N–H and O–H groups in total. The highest BCUT2D eigenvalue weighted by molar-refractivity contribution is 7.14. The second kappa shape index (κ2) is 9.19. The summed E-state index contributed by atoms with van der Waals surface area (Å²) in [7, 11) is 3.18. The lowest BCUT2D eigenvalue weighted by molar-refractivity contribution is 0.102. The molecule has 4 aromatic rings. The molecule has 0 aliphatic rings. The molecule has 1 aromatic carbocycles. The zero-order chi connectivity index (χ0) is 22.7. The van der Waals surface area contributed by atoms with Gasteiger partial charge in [-0.15, -0.1) is 11.3 Å². The molecule has 0 radical (unpaired) electrons. The van der Waals surface area contributed by atoms with E-state index in [-0.39, 0.29) is 11.8 Å². The van der Waals surface area contributed by atoms with Gasteiger partial charge >= 0.3 is 0 Å². The molecule has 32 heavy (non-hydrogen) atoms. The molecule has 4 rings (SSSR count). The van der Waals surface area contributed by atoms with Crippen molar-refractivity contribution in [3.63, 3.8) is 0 Å². The first kappa shape index (κ1) is 21.5. The summed E-state index contributed by atoms with van der Waals surface area (Å²) in [4.78, 5) is 22.0. The molecular weight excluding hydrogens is 426 g/mol. The normalized spacial score (nSPS) is 10.9. The first-order chi connectivity index (χ1) is 15.5. The summed E-state index contributed by atoms with van der Waals surface area (Å²) in [6.45, 7) is 4.04. The minimum Gasteiger partial charge on any atom is -0.493 e. The van der Waals surface area contributed by atoms with E-state index in [0.717, 1.165) is 17.0 Å². The number of benzene rings is 1. The van der Waals surface area contributed by atoms with Crippen LogP contribution in [0, 0.1) is 0 Å². The monoisotopic (exact) mass is 449 g/mol. The predicted octanol–water partition coefficient (Wildman–Crippen LogP) is 4.78. The Balaban J connectivity index is 1.58. The van der Waals surface area contributed by atoms with E-state index in [9.17, 15) is 4.79 Å². The van der Waals surface area contributed by atoms with Crippen LogP contribution in [-0.2, 0) is 0 Å². The van der Waals surface area contributed by atoms with E-state index in [1.165, 1.54) is 11.3 Å². The van der Waals surface area contributed by atoms with Crippen molar-refractivity contribution >= 4 is 22.4 Å². The van der Waals surface area contributed by atoms with Gasteiger partial charge in [-0.3, -0.25) is 10.1 Å². The van der Waals surface area contributed by atoms with Crippen LogP contribution in [-0.4, -0.2) is 39.9 Å². The van der Waals surface area contributed by atoms with Gasteiger partial charge in [-0.25, -0.2) is 14.6 Å². The zero-order valence-electron chi connectivity index (χ0n) is 18.2. The first-order valence-electron chi connectivity index (χ1n) is 10.0. The van der Waals surface area contributed by atoms with Crippen molar-refractivity contribution in [1.29, 1.82) is 0 Å². The van der Waals surface area contributed by atoms with Gasteiger partial charge < -0.3 is 9.47 Å². The molecule has 0 bridgehead atoms. The molecule has 0 saturated carbocycles. The molecule has 3 aromatic heterocycles. The molecular formula is C23H23N5O3S. The third kappa shape index (κ3) is 4.19. The number of ether oxygens (including phenoxy) is 2. The summed E-state index contributed by atoms with van der Waals surface area (Å²) in [5.74, 6) is 1.74. The van der Waals surface area contributed by atoms with Crippen LogP contribution in [0.3, 0.4) is 0 Å². The van der Waals surface area contributed by atoms with Gasteiger partial charge in [0.15, 0.2) is 22.4 Å². The van der Waals surface area contributed by atoms with Crippen LogP contribution in [0.2, 0.25) is 0 Å². The zero-order valence-corrected chi connectivity index (χ0v) is 19.0. The van der Waals surface area contributed by atoms with Crippen LogP contribution in [0.1, 0.15) is 35.8 Å². The molecule has 0 spiro atoms. The maximum atomic E-state index is 13.1. The Morgan fingerprint density at radius 2 is 1.94 bits per heavy atom. The largest absolute Gasteiger partial charge is 0.493 e. The van der Waals surface area contributed by atoms with E-state index in [1.807, 2.05) is 55.6 Å². The van der Waals surface area contributed by atoms with Crippen LogP contribution in [0.5, 0.6) is 11.5 Å². The van der Waals surface area contributed by atoms with Gasteiger partial charge in [0.1, 0.15) is 0 Å². The first-order valence-corrected chi connectivity index (χ1v) is 10.9. The number of carbonyl (C=O) groups is 1. The minimum absolute atomic E-state index is 0.0684. The standard InChI is InChI=1S/C23H23N5O3S/c1-14(2)21-16(12-25-28(21)20-7-5-6-10-24-20)22(29)27-23-26-17(13-32-23)15-8-9-18(30-3)19(11-15)31-4/h5-14H,1-4H3,(H,26,27,29). The van der Waals surface area contributed by atoms with Crippen molar-refractivity contribution in [3.05, 3.63) is 65.4 Å². The Morgan fingerprint density at radius 3 is 2.62 bits per heavy atom. The average Bonchev–Trinajstić information content (AvgIpc) is 3.46. The molecule has 8 nitrogen and oxygen atoms in total. The SMILES string of the molecule is COc1ccc(-c2csc(NC(=O)c3cnn(-c4ccccn4)c3C(C)C)n2)cc1OC. The molecule has 164 valence electrons. The number of hydrogen-bond acceptors (Lipinski definition) is 7. The van der Waals surface area contributed by atoms with Gasteiger partial charge in [-0.1, -0.05) is 19.9 Å². The fourth-order valence-corrected chi connectivity index (χ4v) is 4.09. The lowest BCUT2D eigenvalue weighted by Crippen LogP contribution is -2.15. The van der Waals surface area contributed by atoms with Crippen molar-refractivity contribution in [2.75, 3.05) is 19.5 Å². The number of amides is 1. The highest BCUT2D eigenvalue weighted by atomic mass is 32.1. The predicted molar refractivity (Wildman–Crippen MR) is 124 cm³/mol. The number of anilines is 1. The molecule has 0 fully saturated rings. The van der Waals surface area contributed by atoms with Crippen molar-refractivity contribution < 1.29 is 14.3 Å². The van der Waals surface area contributed by atoms with Crippen molar-refractivity contribution in [3.8, 4) is 28.6 Å². The summed E-state index contributed by atoms with van der Waals surface area (Å²) in [6, 6.07) is 11.2.